The number of amides is 5. The third-order valence-corrected chi connectivity index (χ3v) is 12.1. The Bertz CT molecular complexity index is 1550. The molecule has 5 amide bonds. The number of carbonyl (C=O) groups is 5. The molecule has 4 atom stereocenters. The first kappa shape index (κ1) is 42.1. The van der Waals surface area contributed by atoms with Crippen LogP contribution in [0.25, 0.3) is 0 Å². The number of halogens is 1. The number of nitrogens with one attached hydrogen (secondary N) is 4. The molecule has 3 rings (SSSR count). The molecule has 2 fully saturated rings. The highest BCUT2D eigenvalue weighted by molar-refractivity contribution is 14.1. The van der Waals surface area contributed by atoms with Crippen LogP contribution in [0.3, 0.4) is 0 Å². The fourth-order valence-corrected chi connectivity index (χ4v) is 8.29. The molecule has 1 heterocycles. The van der Waals surface area contributed by atoms with Gasteiger partial charge in [0.05, 0.1) is 17.5 Å². The normalized spacial score (nSPS) is 19.0. The number of hydrogen-bond donors (Lipinski definition) is 4. The second kappa shape index (κ2) is 19.5. The van der Waals surface area contributed by atoms with Crippen molar-refractivity contribution in [2.45, 2.75) is 102 Å². The lowest BCUT2D eigenvalue weighted by atomic mass is 9.92. The smallest absolute Gasteiger partial charge is 0.319 e. The Kier molecular flexibility index (Phi) is 16.1. The Labute approximate surface area is 316 Å². The number of rotatable bonds is 16. The summed E-state index contributed by atoms with van der Waals surface area (Å²) >= 11 is 2.29. The minimum absolute atomic E-state index is 0.00827. The summed E-state index contributed by atoms with van der Waals surface area (Å²) in [4.78, 5) is 69.3. The van der Waals surface area contributed by atoms with Crippen molar-refractivity contribution in [1.82, 2.24) is 26.2 Å². The molecule has 0 aromatic heterocycles. The lowest BCUT2D eigenvalue weighted by Gasteiger charge is -2.29. The van der Waals surface area contributed by atoms with Crippen LogP contribution >= 0.6 is 22.6 Å². The van der Waals surface area contributed by atoms with Crippen LogP contribution < -0.4 is 21.3 Å². The maximum absolute atomic E-state index is 14.4. The van der Waals surface area contributed by atoms with Crippen molar-refractivity contribution in [3.8, 4) is 0 Å². The van der Waals surface area contributed by atoms with Crippen molar-refractivity contribution in [3.63, 3.8) is 0 Å². The Balaban J connectivity index is 1.79. The van der Waals surface area contributed by atoms with E-state index in [1.54, 1.807) is 36.4 Å². The number of allylic oxidation sites excluding steroid dienone is 2. The molecule has 1 aromatic rings. The van der Waals surface area contributed by atoms with E-state index in [-0.39, 0.29) is 42.0 Å². The van der Waals surface area contributed by atoms with Crippen LogP contribution in [0.2, 0.25) is 0 Å². The second-order valence-electron chi connectivity index (χ2n) is 14.6. The zero-order valence-electron chi connectivity index (χ0n) is 30.3. The molecule has 14 heteroatoms. The Morgan fingerprint density at radius 1 is 1.06 bits per heavy atom. The Morgan fingerprint density at radius 2 is 1.73 bits per heavy atom. The average Bonchev–Trinajstić information content (AvgIpc) is 3.53. The molecule has 2 aliphatic rings. The van der Waals surface area contributed by atoms with E-state index < -0.39 is 57.0 Å². The molecule has 1 aliphatic carbocycles. The monoisotopic (exact) mass is 839 g/mol. The van der Waals surface area contributed by atoms with Crippen LogP contribution in [-0.2, 0) is 34.8 Å². The van der Waals surface area contributed by atoms with Gasteiger partial charge in [-0.3, -0.25) is 19.2 Å². The fraction of sp³-hybridized carbons (Fsp3) is 0.595. The highest BCUT2D eigenvalue weighted by Gasteiger charge is 2.44. The number of sulfone groups is 1. The Morgan fingerprint density at radius 3 is 2.33 bits per heavy atom. The molecule has 1 aliphatic heterocycles. The SMILES string of the molecule is C=CCCC(NC(=O)[C@@H]1C[C@@H](C(C)CI)CN1C(=O)C(NC(=O)NC(C)(C)C)=C1CCCCC1)C(=O)C(=O)NCCS(=O)(=O)Cc1ccccc1. The van der Waals surface area contributed by atoms with Crippen LogP contribution in [0.4, 0.5) is 4.79 Å². The van der Waals surface area contributed by atoms with Crippen LogP contribution in [0.15, 0.2) is 54.3 Å². The van der Waals surface area contributed by atoms with Crippen LogP contribution in [0.1, 0.15) is 84.6 Å². The van der Waals surface area contributed by atoms with E-state index >= 15 is 0 Å². The van der Waals surface area contributed by atoms with Crippen LogP contribution in [-0.4, -0.2) is 83.7 Å². The lowest BCUT2D eigenvalue weighted by Crippen LogP contribution is -2.54. The molecule has 12 nitrogen and oxygen atoms in total. The van der Waals surface area contributed by atoms with Gasteiger partial charge in [-0.25, -0.2) is 13.2 Å². The summed E-state index contributed by atoms with van der Waals surface area (Å²) in [7, 11) is -3.56. The fourth-order valence-electron chi connectivity index (χ4n) is 6.32. The lowest BCUT2D eigenvalue weighted by molar-refractivity contribution is -0.141. The summed E-state index contributed by atoms with van der Waals surface area (Å²) in [6.45, 7) is 11.3. The summed E-state index contributed by atoms with van der Waals surface area (Å²) in [6, 6.07) is 6.00. The first-order valence-corrected chi connectivity index (χ1v) is 21.1. The first-order chi connectivity index (χ1) is 24.0. The maximum atomic E-state index is 14.4. The zero-order chi connectivity index (χ0) is 37.8. The summed E-state index contributed by atoms with van der Waals surface area (Å²) < 4.78 is 26.0. The number of carbonyl (C=O) groups excluding carboxylic acids is 5. The van der Waals surface area contributed by atoms with Crippen molar-refractivity contribution in [2.75, 3.05) is 23.3 Å². The molecule has 2 unspecified atom stereocenters. The number of benzene rings is 1. The van der Waals surface area contributed by atoms with E-state index in [2.05, 4.69) is 57.4 Å². The minimum atomic E-state index is -3.56. The van der Waals surface area contributed by atoms with Crippen molar-refractivity contribution >= 4 is 62.0 Å². The second-order valence-corrected chi connectivity index (χ2v) is 17.7. The number of alkyl halides is 1. The van der Waals surface area contributed by atoms with Crippen molar-refractivity contribution in [2.24, 2.45) is 11.8 Å². The largest absolute Gasteiger partial charge is 0.348 e. The van der Waals surface area contributed by atoms with Gasteiger partial charge in [0.15, 0.2) is 9.84 Å². The number of Topliss-reactive ketones (excluding diaryl/α,β-unsaturated/α-hetero) is 1. The van der Waals surface area contributed by atoms with Crippen molar-refractivity contribution < 1.29 is 32.4 Å². The molecule has 1 aromatic carbocycles. The summed E-state index contributed by atoms with van der Waals surface area (Å²) in [5.74, 6) is -3.31. The number of nitrogens with zero attached hydrogens (tertiary/aromatic N) is 1. The molecule has 0 radical (unpaired) electrons. The van der Waals surface area contributed by atoms with Crippen LogP contribution in [0.5, 0.6) is 0 Å². The predicted molar refractivity (Wildman–Crippen MR) is 207 cm³/mol. The molecular formula is C37H54IN5O7S. The average molecular weight is 840 g/mol. The van der Waals surface area contributed by atoms with E-state index in [9.17, 15) is 32.4 Å². The molecule has 0 bridgehead atoms. The van der Waals surface area contributed by atoms with Crippen molar-refractivity contribution in [3.05, 3.63) is 59.8 Å². The molecular weight excluding hydrogens is 785 g/mol. The molecule has 51 heavy (non-hydrogen) atoms. The molecule has 4 N–H and O–H groups in total. The summed E-state index contributed by atoms with van der Waals surface area (Å²) in [5, 5.41) is 10.8. The minimum Gasteiger partial charge on any atom is -0.348 e. The van der Waals surface area contributed by atoms with E-state index in [4.69, 9.17) is 0 Å². The maximum Gasteiger partial charge on any atom is 0.319 e. The summed E-state index contributed by atoms with van der Waals surface area (Å²) in [6.07, 6.45) is 6.47. The molecule has 0 spiro atoms. The van der Waals surface area contributed by atoms with Gasteiger partial charge in [-0.2, -0.15) is 0 Å². The standard InChI is InChI=1S/C37H54IN5O7S/c1-6-7-18-29(32(44)34(46)39-19-20-51(49,50)24-26-14-10-8-11-15-26)40-33(45)30-21-28(25(2)22-38)23-43(30)35(47)31(27-16-12-9-13-17-27)41-36(48)42-37(3,4)5/h6,8,10-11,14-15,25,28-30H,1,7,9,12-13,16-24H2,2-5H3,(H,39,46)(H,40,45)(H2,41,42,48)/t25?,28-,29?,30+/m1/s1. The number of urea groups is 1. The zero-order valence-corrected chi connectivity index (χ0v) is 33.2. The number of likely N-dealkylation sites (tertiary alicyclic amines) is 1. The predicted octanol–water partition coefficient (Wildman–Crippen LogP) is 4.34. The third kappa shape index (κ3) is 13.3. The van der Waals surface area contributed by atoms with E-state index in [1.807, 2.05) is 20.8 Å². The highest BCUT2D eigenvalue weighted by Crippen LogP contribution is 2.33. The van der Waals surface area contributed by atoms with Gasteiger partial charge in [0, 0.05) is 23.1 Å². The van der Waals surface area contributed by atoms with E-state index in [0.29, 0.717) is 37.8 Å². The first-order valence-electron chi connectivity index (χ1n) is 17.7. The summed E-state index contributed by atoms with van der Waals surface area (Å²) in [5.41, 5.74) is 1.12. The third-order valence-electron chi connectivity index (χ3n) is 9.14. The molecule has 1 saturated heterocycles. The highest BCUT2D eigenvalue weighted by atomic mass is 127. The van der Waals surface area contributed by atoms with Gasteiger partial charge < -0.3 is 26.2 Å². The van der Waals surface area contributed by atoms with Crippen molar-refractivity contribution in [1.29, 1.82) is 0 Å². The number of ketones is 1. The quantitative estimate of drug-likeness (QED) is 0.0631. The Hall–Kier alpha value is -3.27. The van der Waals surface area contributed by atoms with Gasteiger partial charge in [0.2, 0.25) is 11.7 Å². The van der Waals surface area contributed by atoms with Crippen LogP contribution in [0, 0.1) is 11.8 Å². The molecule has 1 saturated carbocycles. The number of hydrogen-bond acceptors (Lipinski definition) is 7. The molecule has 282 valence electrons. The van der Waals surface area contributed by atoms with Gasteiger partial charge in [0.1, 0.15) is 11.7 Å². The van der Waals surface area contributed by atoms with Gasteiger partial charge >= 0.3 is 6.03 Å². The van der Waals surface area contributed by atoms with Gasteiger partial charge in [-0.15, -0.1) is 6.58 Å². The van der Waals surface area contributed by atoms with E-state index in [1.165, 1.54) is 4.90 Å². The van der Waals surface area contributed by atoms with Gasteiger partial charge in [0.25, 0.3) is 11.8 Å². The van der Waals surface area contributed by atoms with Gasteiger partial charge in [-0.1, -0.05) is 72.3 Å². The van der Waals surface area contributed by atoms with Gasteiger partial charge in [-0.05, 0) is 88.7 Å². The topological polar surface area (TPSA) is 171 Å². The van der Waals surface area contributed by atoms with E-state index in [0.717, 1.165) is 29.3 Å².